The van der Waals surface area contributed by atoms with Crippen molar-refractivity contribution in [3.63, 3.8) is 0 Å². The van der Waals surface area contributed by atoms with Crippen LogP contribution in [-0.4, -0.2) is 58.0 Å². The first-order chi connectivity index (χ1) is 13.4. The first kappa shape index (κ1) is 23.6. The van der Waals surface area contributed by atoms with Gasteiger partial charge >= 0.3 is 5.97 Å². The third-order valence-electron chi connectivity index (χ3n) is 4.61. The Morgan fingerprint density at radius 3 is 2.45 bits per heavy atom. The SMILES string of the molecule is CC#CCOc1ccc(S(=O)(=O)N2C(=S)C(C)(C)OC(CBr)(C(=O)O)C2C)cc1. The largest absolute Gasteiger partial charge is 0.481 e. The molecule has 1 aromatic rings. The summed E-state index contributed by atoms with van der Waals surface area (Å²) in [5, 5.41) is 9.71. The van der Waals surface area contributed by atoms with Crippen LogP contribution in [0, 0.1) is 11.8 Å². The van der Waals surface area contributed by atoms with E-state index < -0.39 is 33.2 Å². The van der Waals surface area contributed by atoms with Crippen LogP contribution in [0.4, 0.5) is 0 Å². The fraction of sp³-hybridized carbons (Fsp3) is 0.474. The van der Waals surface area contributed by atoms with E-state index in [1.807, 2.05) is 0 Å². The molecule has 1 saturated heterocycles. The summed E-state index contributed by atoms with van der Waals surface area (Å²) in [6.07, 6.45) is 0. The zero-order valence-electron chi connectivity index (χ0n) is 16.4. The summed E-state index contributed by atoms with van der Waals surface area (Å²) in [6.45, 7) is 6.45. The number of nitrogens with zero attached hydrogens (tertiary/aromatic N) is 1. The van der Waals surface area contributed by atoms with Crippen LogP contribution < -0.4 is 4.74 Å². The summed E-state index contributed by atoms with van der Waals surface area (Å²) in [5.41, 5.74) is -3.09. The number of sulfonamides is 1. The first-order valence-corrected chi connectivity index (χ1v) is 11.6. The van der Waals surface area contributed by atoms with E-state index in [0.717, 1.165) is 4.31 Å². The molecular formula is C19H22BrNO6S2. The fourth-order valence-electron chi connectivity index (χ4n) is 2.96. The number of carboxylic acids is 1. The van der Waals surface area contributed by atoms with Crippen LogP contribution in [0.1, 0.15) is 27.7 Å². The highest BCUT2D eigenvalue weighted by Crippen LogP contribution is 2.40. The third kappa shape index (κ3) is 4.28. The van der Waals surface area contributed by atoms with Gasteiger partial charge in [-0.1, -0.05) is 34.1 Å². The van der Waals surface area contributed by atoms with Crippen LogP contribution in [0.3, 0.4) is 0 Å². The molecule has 2 rings (SSSR count). The maximum atomic E-state index is 13.4. The Hall–Kier alpha value is -1.67. The lowest BCUT2D eigenvalue weighted by molar-refractivity contribution is -0.187. The Morgan fingerprint density at radius 1 is 1.38 bits per heavy atom. The number of benzene rings is 1. The van der Waals surface area contributed by atoms with Gasteiger partial charge in [0.15, 0.2) is 5.60 Å². The second-order valence-electron chi connectivity index (χ2n) is 6.91. The standard InChI is InChI=1S/C19H22BrNO6S2/c1-5-6-11-26-14-7-9-15(10-8-14)29(24,25)21-13(2)19(12-20,17(22)23)27-18(3,4)16(21)28/h7-10,13H,11-12H2,1-4H3,(H,22,23). The van der Waals surface area contributed by atoms with E-state index in [-0.39, 0.29) is 21.8 Å². The van der Waals surface area contributed by atoms with Crippen LogP contribution in [0.25, 0.3) is 0 Å². The molecule has 0 saturated carbocycles. The predicted octanol–water partition coefficient (Wildman–Crippen LogP) is 2.82. The molecule has 2 atom stereocenters. The molecule has 0 aliphatic carbocycles. The summed E-state index contributed by atoms with van der Waals surface area (Å²) in [6, 6.07) is 4.72. The van der Waals surface area contributed by atoms with E-state index in [1.54, 1.807) is 20.8 Å². The summed E-state index contributed by atoms with van der Waals surface area (Å²) in [5.74, 6) is 4.63. The number of ether oxygens (including phenoxy) is 2. The molecule has 158 valence electrons. The van der Waals surface area contributed by atoms with Gasteiger partial charge in [-0.05, 0) is 52.0 Å². The van der Waals surface area contributed by atoms with Crippen molar-refractivity contribution in [2.75, 3.05) is 11.9 Å². The Bertz CT molecular complexity index is 965. The number of carboxylic acid groups (broad SMARTS) is 1. The second-order valence-corrected chi connectivity index (χ2v) is 9.67. The number of halogens is 1. The molecule has 2 unspecified atom stereocenters. The molecule has 29 heavy (non-hydrogen) atoms. The molecule has 0 spiro atoms. The van der Waals surface area contributed by atoms with Gasteiger partial charge < -0.3 is 14.6 Å². The number of hydrogen-bond donors (Lipinski definition) is 1. The van der Waals surface area contributed by atoms with E-state index in [4.69, 9.17) is 21.7 Å². The number of carbonyl (C=O) groups is 1. The molecule has 1 N–H and O–H groups in total. The summed E-state index contributed by atoms with van der Waals surface area (Å²) < 4.78 is 39.0. The summed E-state index contributed by atoms with van der Waals surface area (Å²) in [7, 11) is -4.14. The molecule has 1 heterocycles. The van der Waals surface area contributed by atoms with Crippen LogP contribution in [0.15, 0.2) is 29.2 Å². The van der Waals surface area contributed by atoms with Gasteiger partial charge in [0, 0.05) is 5.33 Å². The van der Waals surface area contributed by atoms with Crippen molar-refractivity contribution in [3.8, 4) is 17.6 Å². The van der Waals surface area contributed by atoms with Gasteiger partial charge in [-0.3, -0.25) is 4.31 Å². The minimum atomic E-state index is -4.14. The normalized spacial score (nSPS) is 23.8. The van der Waals surface area contributed by atoms with E-state index in [9.17, 15) is 18.3 Å². The molecule has 1 fully saturated rings. The molecule has 1 aliphatic rings. The molecule has 0 amide bonds. The fourth-order valence-corrected chi connectivity index (χ4v) is 6.01. The lowest BCUT2D eigenvalue weighted by Crippen LogP contribution is -2.71. The lowest BCUT2D eigenvalue weighted by atomic mass is 9.91. The number of aliphatic carboxylic acids is 1. The topological polar surface area (TPSA) is 93.1 Å². The molecule has 0 aromatic heterocycles. The number of morpholine rings is 1. The monoisotopic (exact) mass is 503 g/mol. The quantitative estimate of drug-likeness (QED) is 0.362. The number of hydrogen-bond acceptors (Lipinski definition) is 6. The Kier molecular flexibility index (Phi) is 7.00. The minimum absolute atomic E-state index is 0.0126. The van der Waals surface area contributed by atoms with Gasteiger partial charge in [0.05, 0.1) is 10.9 Å². The van der Waals surface area contributed by atoms with Crippen molar-refractivity contribution in [2.24, 2.45) is 0 Å². The average Bonchev–Trinajstić information content (AvgIpc) is 2.65. The molecule has 1 aliphatic heterocycles. The molecular weight excluding hydrogens is 482 g/mol. The average molecular weight is 504 g/mol. The Labute approximate surface area is 184 Å². The van der Waals surface area contributed by atoms with Crippen LogP contribution in [0.2, 0.25) is 0 Å². The number of alkyl halides is 1. The van der Waals surface area contributed by atoms with Gasteiger partial charge in [0.25, 0.3) is 10.0 Å². The maximum Gasteiger partial charge on any atom is 0.339 e. The van der Waals surface area contributed by atoms with E-state index in [2.05, 4.69) is 27.8 Å². The van der Waals surface area contributed by atoms with Crippen LogP contribution in [0.5, 0.6) is 5.75 Å². The second kappa shape index (κ2) is 8.60. The smallest absolute Gasteiger partial charge is 0.339 e. The van der Waals surface area contributed by atoms with Crippen molar-refractivity contribution in [2.45, 2.75) is 49.8 Å². The highest BCUT2D eigenvalue weighted by molar-refractivity contribution is 9.09. The highest BCUT2D eigenvalue weighted by Gasteiger charge is 2.59. The zero-order chi connectivity index (χ0) is 22.0. The first-order valence-electron chi connectivity index (χ1n) is 8.65. The number of rotatable bonds is 6. The van der Waals surface area contributed by atoms with E-state index >= 15 is 0 Å². The van der Waals surface area contributed by atoms with E-state index in [1.165, 1.54) is 31.2 Å². The van der Waals surface area contributed by atoms with Gasteiger partial charge in [-0.2, -0.15) is 0 Å². The van der Waals surface area contributed by atoms with Crippen LogP contribution in [-0.2, 0) is 19.6 Å². The van der Waals surface area contributed by atoms with Crippen molar-refractivity contribution >= 4 is 49.1 Å². The van der Waals surface area contributed by atoms with Crippen molar-refractivity contribution in [1.29, 1.82) is 0 Å². The summed E-state index contributed by atoms with van der Waals surface area (Å²) in [4.78, 5) is 12.0. The van der Waals surface area contributed by atoms with Crippen molar-refractivity contribution in [3.05, 3.63) is 24.3 Å². The van der Waals surface area contributed by atoms with Gasteiger partial charge in [0.1, 0.15) is 22.9 Å². The zero-order valence-corrected chi connectivity index (χ0v) is 19.7. The van der Waals surface area contributed by atoms with E-state index in [0.29, 0.717) is 5.75 Å². The lowest BCUT2D eigenvalue weighted by Gasteiger charge is -2.51. The summed E-state index contributed by atoms with van der Waals surface area (Å²) >= 11 is 8.57. The van der Waals surface area contributed by atoms with Gasteiger partial charge in [-0.25, -0.2) is 13.2 Å². The number of thiocarbonyl (C=S) groups is 1. The molecule has 0 bridgehead atoms. The Morgan fingerprint density at radius 2 is 1.97 bits per heavy atom. The third-order valence-corrected chi connectivity index (χ3v) is 8.13. The molecule has 7 nitrogen and oxygen atoms in total. The minimum Gasteiger partial charge on any atom is -0.481 e. The Balaban J connectivity index is 2.49. The molecule has 10 heteroatoms. The predicted molar refractivity (Wildman–Crippen MR) is 116 cm³/mol. The maximum absolute atomic E-state index is 13.4. The van der Waals surface area contributed by atoms with Gasteiger partial charge in [-0.15, -0.1) is 5.92 Å². The molecule has 1 aromatic carbocycles. The molecule has 0 radical (unpaired) electrons. The van der Waals surface area contributed by atoms with Crippen molar-refractivity contribution in [1.82, 2.24) is 4.31 Å². The van der Waals surface area contributed by atoms with Gasteiger partial charge in [0.2, 0.25) is 0 Å². The van der Waals surface area contributed by atoms with Crippen molar-refractivity contribution < 1.29 is 27.8 Å². The highest BCUT2D eigenvalue weighted by atomic mass is 79.9. The van der Waals surface area contributed by atoms with Crippen LogP contribution >= 0.6 is 28.1 Å².